The molecule has 3 nitrogen and oxygen atoms in total. The van der Waals surface area contributed by atoms with Crippen molar-refractivity contribution in [3.63, 3.8) is 0 Å². The summed E-state index contributed by atoms with van der Waals surface area (Å²) in [6.07, 6.45) is 3.84. The smallest absolute Gasteiger partial charge is 0.176 e. The number of rotatable bonds is 7. The number of ketones is 1. The number of hydrogen-bond acceptors (Lipinski definition) is 3. The molecule has 0 amide bonds. The van der Waals surface area contributed by atoms with Crippen molar-refractivity contribution < 1.29 is 9.90 Å². The van der Waals surface area contributed by atoms with Crippen LogP contribution in [-0.4, -0.2) is 42.0 Å². The summed E-state index contributed by atoms with van der Waals surface area (Å²) in [5, 5.41) is 9.28. The lowest BCUT2D eigenvalue weighted by molar-refractivity contribution is 0.0286. The first kappa shape index (κ1) is 15.2. The minimum absolute atomic E-state index is 0.116. The number of aliphatic hydroxyl groups is 1. The molecule has 2 rings (SSSR count). The Morgan fingerprint density at radius 2 is 1.95 bits per heavy atom. The van der Waals surface area contributed by atoms with Gasteiger partial charge in [0.15, 0.2) is 5.78 Å². The van der Waals surface area contributed by atoms with E-state index < -0.39 is 0 Å². The highest BCUT2D eigenvalue weighted by Crippen LogP contribution is 2.27. The van der Waals surface area contributed by atoms with Gasteiger partial charge in [0.1, 0.15) is 0 Å². The third-order valence-corrected chi connectivity index (χ3v) is 4.01. The van der Waals surface area contributed by atoms with Crippen LogP contribution in [0.3, 0.4) is 0 Å². The third kappa shape index (κ3) is 4.15. The lowest BCUT2D eigenvalue weighted by Gasteiger charge is -2.34. The normalized spacial score (nSPS) is 21.8. The number of likely N-dealkylation sites (N-methyl/N-ethyl adjacent to an activating group) is 1. The predicted molar refractivity (Wildman–Crippen MR) is 81.0 cm³/mol. The van der Waals surface area contributed by atoms with Gasteiger partial charge < -0.3 is 5.11 Å². The number of carbonyl (C=O) groups is 1. The highest BCUT2D eigenvalue weighted by Gasteiger charge is 2.28. The second kappa shape index (κ2) is 7.00. The van der Waals surface area contributed by atoms with E-state index in [1.807, 2.05) is 19.2 Å². The zero-order valence-corrected chi connectivity index (χ0v) is 12.5. The van der Waals surface area contributed by atoms with Gasteiger partial charge in [-0.2, -0.15) is 0 Å². The maximum Gasteiger partial charge on any atom is 0.176 e. The van der Waals surface area contributed by atoms with Crippen LogP contribution in [0.15, 0.2) is 24.3 Å². The standard InChI is InChI=1S/C17H25NO2/c1-3-4-13-5-7-15(8-6-13)17(20)12-18(2)11-14-9-16(19)10-14/h5-8,14,16,19H,3-4,9-12H2,1-2H3. The maximum atomic E-state index is 12.2. The Balaban J connectivity index is 1.81. The van der Waals surface area contributed by atoms with Crippen LogP contribution in [0.2, 0.25) is 0 Å². The van der Waals surface area contributed by atoms with E-state index >= 15 is 0 Å². The Morgan fingerprint density at radius 1 is 1.30 bits per heavy atom. The van der Waals surface area contributed by atoms with Gasteiger partial charge in [0.25, 0.3) is 0 Å². The summed E-state index contributed by atoms with van der Waals surface area (Å²) in [6, 6.07) is 7.99. The van der Waals surface area contributed by atoms with Crippen molar-refractivity contribution in [1.82, 2.24) is 4.90 Å². The monoisotopic (exact) mass is 275 g/mol. The minimum Gasteiger partial charge on any atom is -0.393 e. The van der Waals surface area contributed by atoms with Crippen molar-refractivity contribution in [1.29, 1.82) is 0 Å². The average molecular weight is 275 g/mol. The number of nitrogens with zero attached hydrogens (tertiary/aromatic N) is 1. The first-order valence-electron chi connectivity index (χ1n) is 7.57. The fraction of sp³-hybridized carbons (Fsp3) is 0.588. The molecule has 0 atom stereocenters. The van der Waals surface area contributed by atoms with Crippen molar-refractivity contribution in [2.75, 3.05) is 20.1 Å². The largest absolute Gasteiger partial charge is 0.393 e. The van der Waals surface area contributed by atoms with E-state index in [2.05, 4.69) is 24.0 Å². The van der Waals surface area contributed by atoms with E-state index in [0.29, 0.717) is 12.5 Å². The van der Waals surface area contributed by atoms with E-state index in [0.717, 1.165) is 37.8 Å². The number of benzene rings is 1. The molecule has 110 valence electrons. The zero-order valence-electron chi connectivity index (χ0n) is 12.5. The molecule has 0 heterocycles. The summed E-state index contributed by atoms with van der Waals surface area (Å²) >= 11 is 0. The minimum atomic E-state index is -0.116. The van der Waals surface area contributed by atoms with Crippen molar-refractivity contribution in [3.8, 4) is 0 Å². The molecule has 1 saturated carbocycles. The molecule has 0 saturated heterocycles. The summed E-state index contributed by atoms with van der Waals surface area (Å²) in [4.78, 5) is 14.3. The molecular weight excluding hydrogens is 250 g/mol. The molecule has 3 heteroatoms. The first-order chi connectivity index (χ1) is 9.58. The van der Waals surface area contributed by atoms with Gasteiger partial charge in [-0.05, 0) is 37.8 Å². The number of aryl methyl sites for hydroxylation is 1. The van der Waals surface area contributed by atoms with Gasteiger partial charge in [-0.15, -0.1) is 0 Å². The highest BCUT2D eigenvalue weighted by molar-refractivity contribution is 5.97. The van der Waals surface area contributed by atoms with Crippen LogP contribution in [0.25, 0.3) is 0 Å². The van der Waals surface area contributed by atoms with Gasteiger partial charge in [0, 0.05) is 12.1 Å². The number of aliphatic hydroxyl groups excluding tert-OH is 1. The molecule has 1 aliphatic rings. The fourth-order valence-corrected chi connectivity index (χ4v) is 2.84. The molecule has 1 N–H and O–H groups in total. The van der Waals surface area contributed by atoms with E-state index in [4.69, 9.17) is 0 Å². The Labute approximate surface area is 121 Å². The van der Waals surface area contributed by atoms with Gasteiger partial charge in [0.05, 0.1) is 12.6 Å². The van der Waals surface area contributed by atoms with Crippen LogP contribution in [0.5, 0.6) is 0 Å². The second-order valence-corrected chi connectivity index (χ2v) is 6.06. The van der Waals surface area contributed by atoms with Crippen molar-refractivity contribution >= 4 is 5.78 Å². The lowest BCUT2D eigenvalue weighted by Crippen LogP contribution is -2.38. The van der Waals surface area contributed by atoms with E-state index in [9.17, 15) is 9.90 Å². The van der Waals surface area contributed by atoms with Crippen molar-refractivity contribution in [2.24, 2.45) is 5.92 Å². The van der Waals surface area contributed by atoms with Gasteiger partial charge in [-0.25, -0.2) is 0 Å². The van der Waals surface area contributed by atoms with E-state index in [-0.39, 0.29) is 11.9 Å². The number of carbonyl (C=O) groups excluding carboxylic acids is 1. The highest BCUT2D eigenvalue weighted by atomic mass is 16.3. The quantitative estimate of drug-likeness (QED) is 0.777. The summed E-state index contributed by atoms with van der Waals surface area (Å²) in [5.41, 5.74) is 2.09. The molecule has 0 unspecified atom stereocenters. The molecular formula is C17H25NO2. The Hall–Kier alpha value is -1.19. The van der Waals surface area contributed by atoms with Crippen LogP contribution < -0.4 is 0 Å². The van der Waals surface area contributed by atoms with Crippen LogP contribution >= 0.6 is 0 Å². The van der Waals surface area contributed by atoms with Gasteiger partial charge in [-0.3, -0.25) is 9.69 Å². The predicted octanol–water partition coefficient (Wildman–Crippen LogP) is 2.52. The molecule has 0 bridgehead atoms. The molecule has 0 aromatic heterocycles. The van der Waals surface area contributed by atoms with Crippen LogP contribution in [-0.2, 0) is 6.42 Å². The van der Waals surface area contributed by atoms with Gasteiger partial charge in [0.2, 0.25) is 0 Å². The third-order valence-electron chi connectivity index (χ3n) is 4.01. The molecule has 1 fully saturated rings. The van der Waals surface area contributed by atoms with Crippen LogP contribution in [0, 0.1) is 5.92 Å². The van der Waals surface area contributed by atoms with Crippen LogP contribution in [0.4, 0.5) is 0 Å². The molecule has 0 radical (unpaired) electrons. The summed E-state index contributed by atoms with van der Waals surface area (Å²) < 4.78 is 0. The number of hydrogen-bond donors (Lipinski definition) is 1. The average Bonchev–Trinajstić information content (AvgIpc) is 2.38. The van der Waals surface area contributed by atoms with Crippen LogP contribution in [0.1, 0.15) is 42.1 Å². The molecule has 20 heavy (non-hydrogen) atoms. The maximum absolute atomic E-state index is 12.2. The topological polar surface area (TPSA) is 40.5 Å². The summed E-state index contributed by atoms with van der Waals surface area (Å²) in [7, 11) is 1.98. The Kier molecular flexibility index (Phi) is 5.32. The molecule has 1 aliphatic carbocycles. The Bertz CT molecular complexity index is 435. The van der Waals surface area contributed by atoms with Crippen molar-refractivity contribution in [3.05, 3.63) is 35.4 Å². The number of Topliss-reactive ketones (excluding diaryl/α,β-unsaturated/α-hetero) is 1. The van der Waals surface area contributed by atoms with E-state index in [1.165, 1.54) is 5.56 Å². The molecule has 0 aliphatic heterocycles. The molecule has 0 spiro atoms. The SMILES string of the molecule is CCCc1ccc(C(=O)CN(C)CC2CC(O)C2)cc1. The lowest BCUT2D eigenvalue weighted by atomic mass is 9.82. The summed E-state index contributed by atoms with van der Waals surface area (Å²) in [6.45, 7) is 3.52. The first-order valence-corrected chi connectivity index (χ1v) is 7.57. The molecule has 1 aromatic rings. The van der Waals surface area contributed by atoms with Crippen molar-refractivity contribution in [2.45, 2.75) is 38.7 Å². The second-order valence-electron chi connectivity index (χ2n) is 6.06. The molecule has 1 aromatic carbocycles. The van der Waals surface area contributed by atoms with Gasteiger partial charge in [-0.1, -0.05) is 37.6 Å². The fourth-order valence-electron chi connectivity index (χ4n) is 2.84. The Morgan fingerprint density at radius 3 is 2.50 bits per heavy atom. The zero-order chi connectivity index (χ0) is 14.5. The summed E-state index contributed by atoms with van der Waals surface area (Å²) in [5.74, 6) is 0.727. The van der Waals surface area contributed by atoms with E-state index in [1.54, 1.807) is 0 Å². The van der Waals surface area contributed by atoms with Gasteiger partial charge >= 0.3 is 0 Å².